The molecule has 0 saturated carbocycles. The summed E-state index contributed by atoms with van der Waals surface area (Å²) < 4.78 is 53.8. The van der Waals surface area contributed by atoms with E-state index in [9.17, 15) is 17.2 Å². The molecule has 0 bridgehead atoms. The van der Waals surface area contributed by atoms with Crippen LogP contribution >= 0.6 is 0 Å². The Balaban J connectivity index is 2.13. The summed E-state index contributed by atoms with van der Waals surface area (Å²) in [5, 5.41) is 0. The maximum Gasteiger partial charge on any atom is 0.313 e. The second-order valence-corrected chi connectivity index (χ2v) is 5.44. The van der Waals surface area contributed by atoms with E-state index in [1.807, 2.05) is 0 Å². The monoisotopic (exact) mass is 284 g/mol. The van der Waals surface area contributed by atoms with E-state index < -0.39 is 27.5 Å². The molecule has 2 aromatic carbocycles. The Bertz CT molecular complexity index is 667. The van der Waals surface area contributed by atoms with E-state index in [2.05, 4.69) is 0 Å². The Morgan fingerprint density at radius 3 is 2.26 bits per heavy atom. The molecule has 0 unspecified atom stereocenters. The smallest absolute Gasteiger partial charge is 0.313 e. The highest BCUT2D eigenvalue weighted by Gasteiger charge is 2.14. The molecule has 0 radical (unpaired) electrons. The van der Waals surface area contributed by atoms with Gasteiger partial charge in [0.15, 0.2) is 0 Å². The van der Waals surface area contributed by atoms with Gasteiger partial charge in [-0.25, -0.2) is 8.78 Å². The van der Waals surface area contributed by atoms with Crippen molar-refractivity contribution in [2.45, 2.75) is 5.75 Å². The zero-order valence-electron chi connectivity index (χ0n) is 9.71. The fraction of sp³-hybridized carbons (Fsp3) is 0.0769. The Kier molecular flexibility index (Phi) is 3.80. The molecule has 0 saturated heterocycles. The first-order valence-corrected chi connectivity index (χ1v) is 6.94. The number of hydrogen-bond acceptors (Lipinski definition) is 3. The minimum absolute atomic E-state index is 0.0953. The zero-order chi connectivity index (χ0) is 13.9. The predicted octanol–water partition coefficient (Wildman–Crippen LogP) is 2.87. The summed E-state index contributed by atoms with van der Waals surface area (Å²) in [6.45, 7) is 0. The van der Waals surface area contributed by atoms with Crippen LogP contribution in [0.25, 0.3) is 0 Å². The molecule has 0 N–H and O–H groups in total. The first-order valence-electron chi connectivity index (χ1n) is 5.37. The highest BCUT2D eigenvalue weighted by atomic mass is 32.2. The third-order valence-electron chi connectivity index (χ3n) is 2.28. The summed E-state index contributed by atoms with van der Waals surface area (Å²) in [6.07, 6.45) is 0. The minimum Gasteiger partial charge on any atom is -0.382 e. The number of benzene rings is 2. The number of hydrogen-bond donors (Lipinski definition) is 0. The van der Waals surface area contributed by atoms with Gasteiger partial charge in [0.1, 0.15) is 23.1 Å². The molecule has 3 nitrogen and oxygen atoms in total. The van der Waals surface area contributed by atoms with Gasteiger partial charge in [-0.15, -0.1) is 0 Å². The van der Waals surface area contributed by atoms with Crippen LogP contribution in [0.1, 0.15) is 5.56 Å². The van der Waals surface area contributed by atoms with Crippen LogP contribution in [0.5, 0.6) is 5.75 Å². The van der Waals surface area contributed by atoms with Gasteiger partial charge >= 0.3 is 10.1 Å². The number of halogens is 2. The van der Waals surface area contributed by atoms with Crippen LogP contribution in [0.15, 0.2) is 48.5 Å². The van der Waals surface area contributed by atoms with E-state index >= 15 is 0 Å². The van der Waals surface area contributed by atoms with Gasteiger partial charge in [-0.1, -0.05) is 18.2 Å². The first-order chi connectivity index (χ1) is 8.94. The van der Waals surface area contributed by atoms with Gasteiger partial charge in [-0.3, -0.25) is 0 Å². The molecule has 6 heteroatoms. The highest BCUT2D eigenvalue weighted by molar-refractivity contribution is 7.86. The lowest BCUT2D eigenvalue weighted by molar-refractivity contribution is 0.482. The average molecular weight is 284 g/mol. The highest BCUT2D eigenvalue weighted by Crippen LogP contribution is 2.17. The maximum absolute atomic E-state index is 12.9. The fourth-order valence-corrected chi connectivity index (χ4v) is 2.54. The van der Waals surface area contributed by atoms with Crippen LogP contribution in [0.3, 0.4) is 0 Å². The Labute approximate surface area is 109 Å². The second-order valence-electron chi connectivity index (χ2n) is 3.87. The molecule has 0 heterocycles. The van der Waals surface area contributed by atoms with Crippen molar-refractivity contribution in [1.82, 2.24) is 0 Å². The summed E-state index contributed by atoms with van der Waals surface area (Å²) in [5.41, 5.74) is 0.387. The Hall–Kier alpha value is -1.95. The molecule has 0 aliphatic rings. The Morgan fingerprint density at radius 2 is 1.63 bits per heavy atom. The van der Waals surface area contributed by atoms with Crippen LogP contribution in [0.4, 0.5) is 8.78 Å². The van der Waals surface area contributed by atoms with Gasteiger partial charge in [-0.2, -0.15) is 8.42 Å². The van der Waals surface area contributed by atoms with E-state index in [1.54, 1.807) is 0 Å². The minimum atomic E-state index is -3.91. The summed E-state index contributed by atoms with van der Waals surface area (Å²) >= 11 is 0. The van der Waals surface area contributed by atoms with Crippen molar-refractivity contribution in [3.05, 3.63) is 65.7 Å². The molecular formula is C13H10F2O3S. The molecule has 0 aromatic heterocycles. The first kappa shape index (κ1) is 13.5. The molecule has 0 spiro atoms. The van der Waals surface area contributed by atoms with Crippen molar-refractivity contribution in [3.8, 4) is 5.75 Å². The summed E-state index contributed by atoms with van der Waals surface area (Å²) in [6, 6.07) is 9.86. The van der Waals surface area contributed by atoms with Crippen LogP contribution in [-0.4, -0.2) is 8.42 Å². The maximum atomic E-state index is 12.9. The van der Waals surface area contributed by atoms with Crippen LogP contribution < -0.4 is 4.18 Å². The molecule has 0 aliphatic carbocycles. The lowest BCUT2D eigenvalue weighted by Gasteiger charge is -2.07. The number of rotatable bonds is 4. The Morgan fingerprint density at radius 1 is 0.947 bits per heavy atom. The predicted molar refractivity (Wildman–Crippen MR) is 66.1 cm³/mol. The van der Waals surface area contributed by atoms with Gasteiger partial charge in [0.2, 0.25) is 0 Å². The van der Waals surface area contributed by atoms with Gasteiger partial charge in [0, 0.05) is 6.07 Å². The van der Waals surface area contributed by atoms with Gasteiger partial charge < -0.3 is 4.18 Å². The van der Waals surface area contributed by atoms with Crippen molar-refractivity contribution < 1.29 is 21.4 Å². The van der Waals surface area contributed by atoms with E-state index in [0.29, 0.717) is 5.56 Å². The van der Waals surface area contributed by atoms with Crippen molar-refractivity contribution in [1.29, 1.82) is 0 Å². The SMILES string of the molecule is O=S(=O)(Cc1ccc(F)cc1)Oc1cccc(F)c1. The lowest BCUT2D eigenvalue weighted by atomic mass is 10.2. The van der Waals surface area contributed by atoms with E-state index in [-0.39, 0.29) is 5.75 Å². The molecule has 2 aromatic rings. The molecule has 100 valence electrons. The molecule has 0 amide bonds. The lowest BCUT2D eigenvalue weighted by Crippen LogP contribution is -2.12. The third-order valence-corrected chi connectivity index (χ3v) is 3.41. The summed E-state index contributed by atoms with van der Waals surface area (Å²) in [7, 11) is -3.91. The topological polar surface area (TPSA) is 43.4 Å². The molecule has 0 fully saturated rings. The molecule has 2 rings (SSSR count). The largest absolute Gasteiger partial charge is 0.382 e. The van der Waals surface area contributed by atoms with Gasteiger partial charge in [0.05, 0.1) is 0 Å². The summed E-state index contributed by atoms with van der Waals surface area (Å²) in [4.78, 5) is 0. The standard InChI is InChI=1S/C13H10F2O3S/c14-11-6-4-10(5-7-11)9-19(16,17)18-13-3-1-2-12(15)8-13/h1-8H,9H2. The van der Waals surface area contributed by atoms with Gasteiger partial charge in [0.25, 0.3) is 0 Å². The zero-order valence-corrected chi connectivity index (χ0v) is 10.5. The molecule has 0 aliphatic heterocycles. The van der Waals surface area contributed by atoms with Crippen molar-refractivity contribution in [2.24, 2.45) is 0 Å². The van der Waals surface area contributed by atoms with Crippen LogP contribution in [0.2, 0.25) is 0 Å². The average Bonchev–Trinajstić information content (AvgIpc) is 2.31. The van der Waals surface area contributed by atoms with Crippen molar-refractivity contribution in [3.63, 3.8) is 0 Å². The summed E-state index contributed by atoms with van der Waals surface area (Å²) in [5.74, 6) is -1.55. The van der Waals surface area contributed by atoms with Crippen LogP contribution in [-0.2, 0) is 15.9 Å². The van der Waals surface area contributed by atoms with Crippen molar-refractivity contribution in [2.75, 3.05) is 0 Å². The van der Waals surface area contributed by atoms with E-state index in [0.717, 1.165) is 18.2 Å². The molecule has 19 heavy (non-hydrogen) atoms. The van der Waals surface area contributed by atoms with E-state index in [4.69, 9.17) is 4.18 Å². The third kappa shape index (κ3) is 4.03. The van der Waals surface area contributed by atoms with Crippen molar-refractivity contribution >= 4 is 10.1 Å². The van der Waals surface area contributed by atoms with E-state index in [1.165, 1.54) is 30.3 Å². The fourth-order valence-electron chi connectivity index (χ4n) is 1.48. The normalized spacial score (nSPS) is 11.3. The molecule has 0 atom stereocenters. The molecular weight excluding hydrogens is 274 g/mol. The second kappa shape index (κ2) is 5.36. The van der Waals surface area contributed by atoms with Crippen LogP contribution in [0, 0.1) is 11.6 Å². The van der Waals surface area contributed by atoms with Gasteiger partial charge in [-0.05, 0) is 29.8 Å². The quantitative estimate of drug-likeness (QED) is 0.811.